The maximum atomic E-state index is 12.0. The second-order valence-electron chi connectivity index (χ2n) is 7.32. The van der Waals surface area contributed by atoms with E-state index in [4.69, 9.17) is 25.8 Å². The highest BCUT2D eigenvalue weighted by Crippen LogP contribution is 2.51. The molecule has 5 nitrogen and oxygen atoms in total. The molecule has 0 saturated carbocycles. The molecule has 0 N–H and O–H groups in total. The van der Waals surface area contributed by atoms with E-state index < -0.39 is 11.8 Å². The summed E-state index contributed by atoms with van der Waals surface area (Å²) in [4.78, 5) is 16.5. The number of fused-ring (bicyclic) bond motifs is 1. The van der Waals surface area contributed by atoms with Gasteiger partial charge in [0.05, 0.1) is 23.4 Å². The van der Waals surface area contributed by atoms with E-state index in [9.17, 15) is 4.79 Å². The number of rotatable bonds is 3. The number of hydrogen-bond donors (Lipinski definition) is 0. The van der Waals surface area contributed by atoms with Crippen molar-refractivity contribution in [3.05, 3.63) is 58.4 Å². The van der Waals surface area contributed by atoms with Crippen molar-refractivity contribution >= 4 is 23.1 Å². The van der Waals surface area contributed by atoms with Crippen molar-refractivity contribution in [3.63, 3.8) is 0 Å². The molecule has 6 heteroatoms. The van der Waals surface area contributed by atoms with Crippen LogP contribution in [0.5, 0.6) is 11.5 Å². The summed E-state index contributed by atoms with van der Waals surface area (Å²) in [6, 6.07) is 7.53. The van der Waals surface area contributed by atoms with Crippen molar-refractivity contribution in [2.75, 3.05) is 7.11 Å². The zero-order valence-corrected chi connectivity index (χ0v) is 16.9. The molecule has 146 valence electrons. The first kappa shape index (κ1) is 18.8. The standard InChI is InChI=1S/C22H22ClNO4/c1-13-16(21(25)26-3)12-17(23)20-19(13)27-22(2,28-20)15-9-7-14(8-10-15)18-6-4-5-11-24-18/h4-7,11-12,15H,8-10H2,1-3H3. The van der Waals surface area contributed by atoms with Gasteiger partial charge in [-0.1, -0.05) is 23.7 Å². The smallest absolute Gasteiger partial charge is 0.338 e. The number of aromatic nitrogens is 1. The first-order valence-corrected chi connectivity index (χ1v) is 9.70. The molecule has 1 aliphatic heterocycles. The average Bonchev–Trinajstić information content (AvgIpc) is 3.11. The molecule has 1 aliphatic carbocycles. The van der Waals surface area contributed by atoms with Crippen LogP contribution in [0.3, 0.4) is 0 Å². The van der Waals surface area contributed by atoms with Crippen molar-refractivity contribution in [3.8, 4) is 11.5 Å². The Kier molecular flexibility index (Phi) is 4.79. The topological polar surface area (TPSA) is 57.7 Å². The zero-order valence-electron chi connectivity index (χ0n) is 16.1. The number of nitrogens with zero attached hydrogens (tertiary/aromatic N) is 1. The van der Waals surface area contributed by atoms with Gasteiger partial charge in [-0.15, -0.1) is 0 Å². The van der Waals surface area contributed by atoms with Gasteiger partial charge < -0.3 is 14.2 Å². The number of methoxy groups -OCH3 is 1. The van der Waals surface area contributed by atoms with Gasteiger partial charge in [0.2, 0.25) is 0 Å². The second-order valence-corrected chi connectivity index (χ2v) is 7.72. The third kappa shape index (κ3) is 3.14. The van der Waals surface area contributed by atoms with Crippen molar-refractivity contribution in [1.82, 2.24) is 4.98 Å². The summed E-state index contributed by atoms with van der Waals surface area (Å²) in [6.45, 7) is 3.75. The summed E-state index contributed by atoms with van der Waals surface area (Å²) in [7, 11) is 1.35. The summed E-state index contributed by atoms with van der Waals surface area (Å²) >= 11 is 6.38. The minimum absolute atomic E-state index is 0.157. The van der Waals surface area contributed by atoms with E-state index >= 15 is 0 Å². The van der Waals surface area contributed by atoms with E-state index in [2.05, 4.69) is 11.1 Å². The van der Waals surface area contributed by atoms with Gasteiger partial charge >= 0.3 is 5.97 Å². The minimum atomic E-state index is -0.836. The highest BCUT2D eigenvalue weighted by molar-refractivity contribution is 6.32. The van der Waals surface area contributed by atoms with Crippen LogP contribution in [0.15, 0.2) is 36.5 Å². The molecule has 2 aromatic rings. The second kappa shape index (κ2) is 7.13. The van der Waals surface area contributed by atoms with Gasteiger partial charge in [0.25, 0.3) is 5.79 Å². The van der Waals surface area contributed by atoms with Crippen LogP contribution < -0.4 is 9.47 Å². The number of carbonyl (C=O) groups excluding carboxylic acids is 1. The predicted octanol–water partition coefficient (Wildman–Crippen LogP) is 5.20. The predicted molar refractivity (Wildman–Crippen MR) is 107 cm³/mol. The molecule has 0 bridgehead atoms. The largest absolute Gasteiger partial charge is 0.465 e. The third-order valence-corrected chi connectivity index (χ3v) is 5.88. The highest BCUT2D eigenvalue weighted by Gasteiger charge is 2.46. The summed E-state index contributed by atoms with van der Waals surface area (Å²) in [6.07, 6.45) is 6.66. The van der Waals surface area contributed by atoms with E-state index in [1.165, 1.54) is 12.7 Å². The van der Waals surface area contributed by atoms with Crippen LogP contribution in [0.4, 0.5) is 0 Å². The Morgan fingerprint density at radius 3 is 2.75 bits per heavy atom. The Morgan fingerprint density at radius 1 is 1.32 bits per heavy atom. The van der Waals surface area contributed by atoms with Crippen LogP contribution in [-0.4, -0.2) is 23.9 Å². The van der Waals surface area contributed by atoms with Gasteiger partial charge in [-0.2, -0.15) is 0 Å². The normalized spacial score (nSPS) is 23.3. The first-order chi connectivity index (χ1) is 13.4. The van der Waals surface area contributed by atoms with Crippen LogP contribution in [0.1, 0.15) is 47.8 Å². The number of allylic oxidation sites excluding steroid dienone is 2. The fourth-order valence-electron chi connectivity index (χ4n) is 3.93. The first-order valence-electron chi connectivity index (χ1n) is 9.33. The molecule has 1 aromatic heterocycles. The molecule has 2 unspecified atom stereocenters. The summed E-state index contributed by atoms with van der Waals surface area (Å²) < 4.78 is 17.3. The maximum Gasteiger partial charge on any atom is 0.338 e. The van der Waals surface area contributed by atoms with Crippen molar-refractivity contribution in [2.24, 2.45) is 5.92 Å². The Hall–Kier alpha value is -2.53. The lowest BCUT2D eigenvalue weighted by Gasteiger charge is -2.34. The summed E-state index contributed by atoms with van der Waals surface area (Å²) in [5, 5.41) is 0.352. The van der Waals surface area contributed by atoms with Gasteiger partial charge in [0, 0.05) is 24.6 Å². The Morgan fingerprint density at radius 2 is 2.11 bits per heavy atom. The fraction of sp³-hybridized carbons (Fsp3) is 0.364. The Bertz CT molecular complexity index is 957. The van der Waals surface area contributed by atoms with Crippen molar-refractivity contribution < 1.29 is 19.0 Å². The van der Waals surface area contributed by atoms with E-state index in [1.54, 1.807) is 6.07 Å². The SMILES string of the molecule is COC(=O)c1cc(Cl)c2c(c1C)OC(C)(C1CC=C(c3ccccn3)CC1)O2. The van der Waals surface area contributed by atoms with Crippen LogP contribution in [0.25, 0.3) is 5.57 Å². The molecule has 0 radical (unpaired) electrons. The number of ether oxygens (including phenoxy) is 3. The summed E-state index contributed by atoms with van der Waals surface area (Å²) in [5.74, 6) is -0.106. The van der Waals surface area contributed by atoms with Gasteiger partial charge in [0.15, 0.2) is 11.5 Å². The lowest BCUT2D eigenvalue weighted by Crippen LogP contribution is -2.43. The molecule has 2 aliphatic rings. The number of benzene rings is 1. The molecule has 0 spiro atoms. The van der Waals surface area contributed by atoms with Crippen LogP contribution in [-0.2, 0) is 4.74 Å². The van der Waals surface area contributed by atoms with E-state index in [1.807, 2.05) is 38.2 Å². The Balaban J connectivity index is 1.59. The molecular formula is C22H22ClNO4. The quantitative estimate of drug-likeness (QED) is 0.664. The van der Waals surface area contributed by atoms with Crippen LogP contribution in [0.2, 0.25) is 5.02 Å². The Labute approximate surface area is 169 Å². The van der Waals surface area contributed by atoms with E-state index in [0.29, 0.717) is 27.6 Å². The molecule has 2 atom stereocenters. The maximum absolute atomic E-state index is 12.0. The van der Waals surface area contributed by atoms with E-state index in [-0.39, 0.29) is 5.92 Å². The molecular weight excluding hydrogens is 378 g/mol. The van der Waals surface area contributed by atoms with Crippen LogP contribution in [0, 0.1) is 12.8 Å². The number of pyridine rings is 1. The molecule has 0 fully saturated rings. The number of halogens is 1. The molecule has 0 saturated heterocycles. The molecule has 1 aromatic carbocycles. The van der Waals surface area contributed by atoms with Gasteiger partial charge in [-0.05, 0) is 50.0 Å². The van der Waals surface area contributed by atoms with Gasteiger partial charge in [-0.3, -0.25) is 4.98 Å². The van der Waals surface area contributed by atoms with Gasteiger partial charge in [0.1, 0.15) is 0 Å². The summed E-state index contributed by atoms with van der Waals surface area (Å²) in [5.41, 5.74) is 3.33. The fourth-order valence-corrected chi connectivity index (χ4v) is 4.16. The number of carbonyl (C=O) groups is 1. The van der Waals surface area contributed by atoms with Crippen LogP contribution >= 0.6 is 11.6 Å². The molecule has 4 rings (SSSR count). The van der Waals surface area contributed by atoms with Gasteiger partial charge in [-0.25, -0.2) is 4.79 Å². The van der Waals surface area contributed by atoms with Crippen molar-refractivity contribution in [2.45, 2.75) is 38.9 Å². The molecule has 28 heavy (non-hydrogen) atoms. The lowest BCUT2D eigenvalue weighted by atomic mass is 9.83. The lowest BCUT2D eigenvalue weighted by molar-refractivity contribution is -0.112. The third-order valence-electron chi connectivity index (χ3n) is 5.60. The monoisotopic (exact) mass is 399 g/mol. The average molecular weight is 400 g/mol. The minimum Gasteiger partial charge on any atom is -0.465 e. The number of hydrogen-bond acceptors (Lipinski definition) is 5. The van der Waals surface area contributed by atoms with E-state index in [0.717, 1.165) is 25.0 Å². The zero-order chi connectivity index (χ0) is 19.9. The molecule has 0 amide bonds. The number of esters is 1. The molecule has 2 heterocycles. The highest BCUT2D eigenvalue weighted by atomic mass is 35.5. The van der Waals surface area contributed by atoms with Crippen molar-refractivity contribution in [1.29, 1.82) is 0 Å².